The summed E-state index contributed by atoms with van der Waals surface area (Å²) in [6, 6.07) is 1.91. The Labute approximate surface area is 107 Å². The van der Waals surface area contributed by atoms with Gasteiger partial charge in [-0.3, -0.25) is 5.43 Å². The molecule has 2 rings (SSSR count). The van der Waals surface area contributed by atoms with Crippen molar-refractivity contribution >= 4 is 11.8 Å². The van der Waals surface area contributed by atoms with Crippen molar-refractivity contribution in [2.75, 3.05) is 23.9 Å². The maximum absolute atomic E-state index is 5.68. The van der Waals surface area contributed by atoms with Gasteiger partial charge in [-0.2, -0.15) is 4.98 Å². The molecular weight excluding hydrogens is 230 g/mol. The largest absolute Gasteiger partial charge is 0.378 e. The third-order valence-corrected chi connectivity index (χ3v) is 3.03. The van der Waals surface area contributed by atoms with E-state index in [0.29, 0.717) is 12.1 Å². The van der Waals surface area contributed by atoms with Gasteiger partial charge in [0.25, 0.3) is 0 Å². The van der Waals surface area contributed by atoms with E-state index in [9.17, 15) is 0 Å². The summed E-state index contributed by atoms with van der Waals surface area (Å²) >= 11 is 0. The fourth-order valence-electron chi connectivity index (χ4n) is 2.12. The number of hydrazine groups is 1. The lowest BCUT2D eigenvalue weighted by molar-refractivity contribution is 0.0134. The van der Waals surface area contributed by atoms with E-state index in [0.717, 1.165) is 31.1 Å². The number of rotatable bonds is 5. The SMILES string of the molecule is Cc1cc(NCCC2CCCCO2)nc(NN)n1. The number of nitrogens with zero attached hydrogens (tertiary/aromatic N) is 2. The summed E-state index contributed by atoms with van der Waals surface area (Å²) in [6.07, 6.45) is 5.04. The minimum Gasteiger partial charge on any atom is -0.378 e. The van der Waals surface area contributed by atoms with Gasteiger partial charge in [0.2, 0.25) is 5.95 Å². The van der Waals surface area contributed by atoms with Crippen LogP contribution < -0.4 is 16.6 Å². The molecule has 6 heteroatoms. The number of ether oxygens (including phenoxy) is 1. The van der Waals surface area contributed by atoms with Crippen LogP contribution in [0.5, 0.6) is 0 Å². The van der Waals surface area contributed by atoms with Crippen molar-refractivity contribution in [2.45, 2.75) is 38.7 Å². The van der Waals surface area contributed by atoms with Crippen LogP contribution >= 0.6 is 0 Å². The van der Waals surface area contributed by atoms with Crippen molar-refractivity contribution in [2.24, 2.45) is 5.84 Å². The van der Waals surface area contributed by atoms with Gasteiger partial charge in [-0.05, 0) is 32.6 Å². The van der Waals surface area contributed by atoms with Crippen LogP contribution in [-0.2, 0) is 4.74 Å². The first-order valence-corrected chi connectivity index (χ1v) is 6.45. The monoisotopic (exact) mass is 251 g/mol. The lowest BCUT2D eigenvalue weighted by atomic mass is 10.1. The molecule has 0 spiro atoms. The number of aromatic nitrogens is 2. The number of anilines is 2. The average Bonchev–Trinajstić information content (AvgIpc) is 2.39. The van der Waals surface area contributed by atoms with Gasteiger partial charge in [0.1, 0.15) is 5.82 Å². The predicted octanol–water partition coefficient (Wildman–Crippen LogP) is 1.44. The van der Waals surface area contributed by atoms with Gasteiger partial charge >= 0.3 is 0 Å². The summed E-state index contributed by atoms with van der Waals surface area (Å²) in [6.45, 7) is 3.67. The van der Waals surface area contributed by atoms with Crippen LogP contribution in [0.2, 0.25) is 0 Å². The molecule has 1 unspecified atom stereocenters. The first-order chi connectivity index (χ1) is 8.78. The van der Waals surface area contributed by atoms with E-state index in [4.69, 9.17) is 10.6 Å². The minimum atomic E-state index is 0.390. The molecular formula is C12H21N5O. The highest BCUT2D eigenvalue weighted by Gasteiger charge is 2.13. The molecule has 18 heavy (non-hydrogen) atoms. The topological polar surface area (TPSA) is 85.1 Å². The zero-order chi connectivity index (χ0) is 12.8. The Kier molecular flexibility index (Phi) is 4.72. The third-order valence-electron chi connectivity index (χ3n) is 3.03. The van der Waals surface area contributed by atoms with Gasteiger partial charge in [-0.15, -0.1) is 0 Å². The summed E-state index contributed by atoms with van der Waals surface area (Å²) in [5, 5.41) is 3.28. The van der Waals surface area contributed by atoms with Crippen LogP contribution in [0.4, 0.5) is 11.8 Å². The first-order valence-electron chi connectivity index (χ1n) is 6.45. The third kappa shape index (κ3) is 3.82. The fourth-order valence-corrected chi connectivity index (χ4v) is 2.12. The molecule has 1 aromatic rings. The number of nitrogens with one attached hydrogen (secondary N) is 2. The molecule has 0 aliphatic carbocycles. The van der Waals surface area contributed by atoms with E-state index in [2.05, 4.69) is 20.7 Å². The van der Waals surface area contributed by atoms with Gasteiger partial charge in [-0.25, -0.2) is 10.8 Å². The molecule has 2 heterocycles. The summed E-state index contributed by atoms with van der Waals surface area (Å²) in [5.74, 6) is 6.54. The minimum absolute atomic E-state index is 0.390. The predicted molar refractivity (Wildman–Crippen MR) is 71.3 cm³/mol. The van der Waals surface area contributed by atoms with Crippen molar-refractivity contribution < 1.29 is 4.74 Å². The molecule has 0 bridgehead atoms. The Bertz CT molecular complexity index is 379. The van der Waals surface area contributed by atoms with Crippen molar-refractivity contribution in [1.29, 1.82) is 0 Å². The van der Waals surface area contributed by atoms with Gasteiger partial charge in [0.15, 0.2) is 0 Å². The van der Waals surface area contributed by atoms with Crippen LogP contribution in [-0.4, -0.2) is 29.2 Å². The fraction of sp³-hybridized carbons (Fsp3) is 0.667. The van der Waals surface area contributed by atoms with Gasteiger partial charge in [0, 0.05) is 24.9 Å². The standard InChI is InChI=1S/C12H21N5O/c1-9-8-11(16-12(15-9)17-13)14-6-5-10-4-2-3-7-18-10/h8,10H,2-7,13H2,1H3,(H2,14,15,16,17). The molecule has 1 aromatic heterocycles. The normalized spacial score (nSPS) is 19.6. The average molecular weight is 251 g/mol. The summed E-state index contributed by atoms with van der Waals surface area (Å²) in [5.41, 5.74) is 3.34. The number of nitrogen functional groups attached to an aromatic ring is 1. The van der Waals surface area contributed by atoms with E-state index < -0.39 is 0 Å². The number of hydrogen-bond acceptors (Lipinski definition) is 6. The van der Waals surface area contributed by atoms with E-state index in [-0.39, 0.29) is 0 Å². The van der Waals surface area contributed by atoms with Gasteiger partial charge in [0.05, 0.1) is 6.10 Å². The Morgan fingerprint density at radius 1 is 1.44 bits per heavy atom. The Hall–Kier alpha value is -1.40. The van der Waals surface area contributed by atoms with Crippen LogP contribution in [0.25, 0.3) is 0 Å². The van der Waals surface area contributed by atoms with Crippen LogP contribution in [0.15, 0.2) is 6.07 Å². The summed E-state index contributed by atoms with van der Waals surface area (Å²) in [7, 11) is 0. The summed E-state index contributed by atoms with van der Waals surface area (Å²) in [4.78, 5) is 8.37. The van der Waals surface area contributed by atoms with Crippen molar-refractivity contribution in [3.05, 3.63) is 11.8 Å². The molecule has 0 radical (unpaired) electrons. The van der Waals surface area contributed by atoms with Gasteiger partial charge < -0.3 is 10.1 Å². The van der Waals surface area contributed by atoms with Gasteiger partial charge in [-0.1, -0.05) is 0 Å². The van der Waals surface area contributed by atoms with Crippen LogP contribution in [0.3, 0.4) is 0 Å². The second kappa shape index (κ2) is 6.51. The zero-order valence-electron chi connectivity index (χ0n) is 10.8. The maximum Gasteiger partial charge on any atom is 0.239 e. The molecule has 1 saturated heterocycles. The molecule has 100 valence electrons. The van der Waals surface area contributed by atoms with Crippen molar-refractivity contribution in [3.8, 4) is 0 Å². The highest BCUT2D eigenvalue weighted by atomic mass is 16.5. The Morgan fingerprint density at radius 3 is 3.06 bits per heavy atom. The van der Waals surface area contributed by atoms with Crippen molar-refractivity contribution in [1.82, 2.24) is 9.97 Å². The molecule has 1 fully saturated rings. The molecule has 0 amide bonds. The molecule has 1 aliphatic heterocycles. The first kappa shape index (κ1) is 13.0. The Morgan fingerprint density at radius 2 is 2.33 bits per heavy atom. The van der Waals surface area contributed by atoms with Crippen LogP contribution in [0.1, 0.15) is 31.4 Å². The smallest absolute Gasteiger partial charge is 0.239 e. The zero-order valence-corrected chi connectivity index (χ0v) is 10.8. The second-order valence-corrected chi connectivity index (χ2v) is 4.57. The quantitative estimate of drug-likeness (QED) is 0.542. The Balaban J connectivity index is 1.80. The molecule has 4 N–H and O–H groups in total. The second-order valence-electron chi connectivity index (χ2n) is 4.57. The summed E-state index contributed by atoms with van der Waals surface area (Å²) < 4.78 is 5.68. The number of aryl methyl sites for hydroxylation is 1. The molecule has 0 aromatic carbocycles. The van der Waals surface area contributed by atoms with Crippen LogP contribution in [0, 0.1) is 6.92 Å². The lowest BCUT2D eigenvalue weighted by Gasteiger charge is -2.22. The number of nitrogens with two attached hydrogens (primary N) is 1. The molecule has 1 aliphatic rings. The highest BCUT2D eigenvalue weighted by Crippen LogP contribution is 2.16. The van der Waals surface area contributed by atoms with E-state index in [1.54, 1.807) is 0 Å². The maximum atomic E-state index is 5.68. The van der Waals surface area contributed by atoms with E-state index in [1.807, 2.05) is 13.0 Å². The highest BCUT2D eigenvalue weighted by molar-refractivity contribution is 5.41. The molecule has 0 saturated carbocycles. The van der Waals surface area contributed by atoms with E-state index in [1.165, 1.54) is 19.3 Å². The number of hydrogen-bond donors (Lipinski definition) is 3. The van der Waals surface area contributed by atoms with E-state index >= 15 is 0 Å². The lowest BCUT2D eigenvalue weighted by Crippen LogP contribution is -2.22. The van der Waals surface area contributed by atoms with Crippen molar-refractivity contribution in [3.63, 3.8) is 0 Å². The molecule has 6 nitrogen and oxygen atoms in total. The molecule has 1 atom stereocenters.